The van der Waals surface area contributed by atoms with Gasteiger partial charge in [0.2, 0.25) is 5.91 Å². The number of nitrogens with zero attached hydrogens (tertiary/aromatic N) is 4. The van der Waals surface area contributed by atoms with E-state index in [-0.39, 0.29) is 0 Å². The fourth-order valence-corrected chi connectivity index (χ4v) is 4.44. The van der Waals surface area contributed by atoms with E-state index in [1.807, 2.05) is 6.20 Å². The Balaban J connectivity index is 1.30. The molecular weight excluding hydrogens is 328 g/mol. The van der Waals surface area contributed by atoms with Crippen molar-refractivity contribution in [1.29, 1.82) is 0 Å². The van der Waals surface area contributed by atoms with E-state index in [4.69, 9.17) is 4.74 Å². The van der Waals surface area contributed by atoms with Crippen molar-refractivity contribution in [2.24, 2.45) is 5.92 Å². The third-order valence-electron chi connectivity index (χ3n) is 6.31. The van der Waals surface area contributed by atoms with Gasteiger partial charge in [0.25, 0.3) is 0 Å². The van der Waals surface area contributed by atoms with E-state index in [9.17, 15) is 4.79 Å². The van der Waals surface area contributed by atoms with Crippen LogP contribution in [0.25, 0.3) is 0 Å². The number of carbonyl (C=O) groups excluding carboxylic acids is 1. The number of morpholine rings is 1. The van der Waals surface area contributed by atoms with E-state index in [1.54, 1.807) is 0 Å². The number of piperidine rings is 1. The molecule has 1 amide bonds. The molecule has 0 bridgehead atoms. The van der Waals surface area contributed by atoms with Gasteiger partial charge in [-0.15, -0.1) is 0 Å². The number of aromatic nitrogens is 2. The maximum atomic E-state index is 12.7. The Morgan fingerprint density at radius 3 is 2.77 bits per heavy atom. The molecule has 2 aliphatic heterocycles. The van der Waals surface area contributed by atoms with Crippen molar-refractivity contribution in [2.45, 2.75) is 51.0 Å². The first-order chi connectivity index (χ1) is 12.8. The van der Waals surface area contributed by atoms with Gasteiger partial charge in [0.05, 0.1) is 13.2 Å². The summed E-state index contributed by atoms with van der Waals surface area (Å²) >= 11 is 0. The Morgan fingerprint density at radius 2 is 2.00 bits per heavy atom. The largest absolute Gasteiger partial charge is 0.379 e. The second-order valence-electron chi connectivity index (χ2n) is 8.12. The number of hydrogen-bond donors (Lipinski definition) is 0. The summed E-state index contributed by atoms with van der Waals surface area (Å²) in [6, 6.07) is 0. The number of rotatable bonds is 6. The molecule has 1 aromatic rings. The van der Waals surface area contributed by atoms with Crippen LogP contribution in [0.5, 0.6) is 0 Å². The first kappa shape index (κ1) is 18.0. The highest BCUT2D eigenvalue weighted by atomic mass is 16.5. The molecule has 1 unspecified atom stereocenters. The van der Waals surface area contributed by atoms with Crippen LogP contribution >= 0.6 is 0 Å². The van der Waals surface area contributed by atoms with E-state index in [2.05, 4.69) is 25.5 Å². The van der Waals surface area contributed by atoms with Crippen molar-refractivity contribution >= 4 is 5.91 Å². The van der Waals surface area contributed by atoms with Gasteiger partial charge >= 0.3 is 0 Å². The summed E-state index contributed by atoms with van der Waals surface area (Å²) in [4.78, 5) is 21.8. The number of amides is 1. The lowest BCUT2D eigenvalue weighted by atomic mass is 9.85. The second-order valence-corrected chi connectivity index (χ2v) is 8.12. The zero-order valence-electron chi connectivity index (χ0n) is 15.8. The van der Waals surface area contributed by atoms with Crippen LogP contribution in [-0.4, -0.2) is 71.2 Å². The first-order valence-corrected chi connectivity index (χ1v) is 10.4. The zero-order chi connectivity index (χ0) is 17.8. The molecule has 1 atom stereocenters. The molecule has 0 radical (unpaired) electrons. The van der Waals surface area contributed by atoms with Crippen LogP contribution in [0.2, 0.25) is 0 Å². The Bertz CT molecular complexity index is 592. The second kappa shape index (κ2) is 8.53. The van der Waals surface area contributed by atoms with E-state index < -0.39 is 0 Å². The number of likely N-dealkylation sites (tertiary alicyclic amines) is 1. The average Bonchev–Trinajstić information content (AvgIpc) is 3.12. The van der Waals surface area contributed by atoms with Gasteiger partial charge in [0.15, 0.2) is 0 Å². The van der Waals surface area contributed by atoms with Gasteiger partial charge in [-0.2, -0.15) is 0 Å². The van der Waals surface area contributed by atoms with Crippen LogP contribution in [0.4, 0.5) is 0 Å². The Hall–Kier alpha value is -1.40. The minimum absolute atomic E-state index is 0.304. The molecular formula is C20H32N4O2. The highest BCUT2D eigenvalue weighted by Crippen LogP contribution is 2.31. The summed E-state index contributed by atoms with van der Waals surface area (Å²) in [5.74, 6) is 2.73. The highest BCUT2D eigenvalue weighted by molar-refractivity contribution is 5.76. The van der Waals surface area contributed by atoms with Gasteiger partial charge in [0, 0.05) is 64.0 Å². The number of carbonyl (C=O) groups is 1. The minimum Gasteiger partial charge on any atom is -0.379 e. The number of imidazole rings is 1. The monoisotopic (exact) mass is 360 g/mol. The van der Waals surface area contributed by atoms with Crippen molar-refractivity contribution in [3.63, 3.8) is 0 Å². The van der Waals surface area contributed by atoms with Gasteiger partial charge in [0.1, 0.15) is 5.82 Å². The van der Waals surface area contributed by atoms with Crippen LogP contribution in [0.15, 0.2) is 12.4 Å². The van der Waals surface area contributed by atoms with Gasteiger partial charge < -0.3 is 14.2 Å². The summed E-state index contributed by atoms with van der Waals surface area (Å²) in [5, 5.41) is 0. The lowest BCUT2D eigenvalue weighted by Gasteiger charge is -2.34. The minimum atomic E-state index is 0.304. The number of hydrogen-bond acceptors (Lipinski definition) is 4. The molecule has 3 heterocycles. The highest BCUT2D eigenvalue weighted by Gasteiger charge is 2.28. The third-order valence-corrected chi connectivity index (χ3v) is 6.31. The predicted molar refractivity (Wildman–Crippen MR) is 100.0 cm³/mol. The van der Waals surface area contributed by atoms with Crippen molar-refractivity contribution in [1.82, 2.24) is 19.4 Å². The van der Waals surface area contributed by atoms with Crippen LogP contribution in [-0.2, 0) is 16.1 Å². The zero-order valence-corrected chi connectivity index (χ0v) is 15.8. The molecule has 1 saturated carbocycles. The van der Waals surface area contributed by atoms with Crippen molar-refractivity contribution < 1.29 is 9.53 Å². The smallest absolute Gasteiger partial charge is 0.223 e. The average molecular weight is 361 g/mol. The van der Waals surface area contributed by atoms with Gasteiger partial charge in [-0.25, -0.2) is 4.98 Å². The summed E-state index contributed by atoms with van der Waals surface area (Å²) < 4.78 is 7.74. The van der Waals surface area contributed by atoms with Crippen LogP contribution in [0.1, 0.15) is 50.3 Å². The quantitative estimate of drug-likeness (QED) is 0.780. The maximum Gasteiger partial charge on any atom is 0.223 e. The van der Waals surface area contributed by atoms with Crippen LogP contribution < -0.4 is 0 Å². The van der Waals surface area contributed by atoms with Crippen molar-refractivity contribution in [3.8, 4) is 0 Å². The van der Waals surface area contributed by atoms with Crippen molar-refractivity contribution in [2.75, 3.05) is 45.9 Å². The van der Waals surface area contributed by atoms with Gasteiger partial charge in [-0.3, -0.25) is 9.69 Å². The molecule has 144 valence electrons. The molecule has 26 heavy (non-hydrogen) atoms. The van der Waals surface area contributed by atoms with E-state index in [0.29, 0.717) is 18.2 Å². The molecule has 1 aromatic heterocycles. The van der Waals surface area contributed by atoms with Crippen LogP contribution in [0, 0.1) is 5.92 Å². The molecule has 6 heteroatoms. The fraction of sp³-hybridized carbons (Fsp3) is 0.800. The first-order valence-electron chi connectivity index (χ1n) is 10.4. The van der Waals surface area contributed by atoms with E-state index in [0.717, 1.165) is 71.2 Å². The Kier molecular flexibility index (Phi) is 5.90. The number of ether oxygens (including phenoxy) is 1. The molecule has 3 aliphatic rings. The summed E-state index contributed by atoms with van der Waals surface area (Å²) in [7, 11) is 0. The molecule has 0 aromatic carbocycles. The van der Waals surface area contributed by atoms with Crippen molar-refractivity contribution in [3.05, 3.63) is 18.2 Å². The topological polar surface area (TPSA) is 50.6 Å². The third kappa shape index (κ3) is 4.29. The molecule has 0 N–H and O–H groups in total. The lowest BCUT2D eigenvalue weighted by Crippen LogP contribution is -2.43. The molecule has 3 fully saturated rings. The predicted octanol–water partition coefficient (Wildman–Crippen LogP) is 2.11. The van der Waals surface area contributed by atoms with Gasteiger partial charge in [-0.05, 0) is 31.6 Å². The van der Waals surface area contributed by atoms with Crippen LogP contribution in [0.3, 0.4) is 0 Å². The van der Waals surface area contributed by atoms with E-state index >= 15 is 0 Å². The molecule has 0 spiro atoms. The Morgan fingerprint density at radius 1 is 1.15 bits per heavy atom. The SMILES string of the molecule is O=C(CCN1CCOCC1)N1CCCC(c2nccn2CC2CCC2)C1. The Labute approximate surface area is 156 Å². The maximum absolute atomic E-state index is 12.7. The molecule has 4 rings (SSSR count). The normalized spacial score (nSPS) is 25.2. The molecule has 1 aliphatic carbocycles. The summed E-state index contributed by atoms with van der Waals surface area (Å²) in [5.41, 5.74) is 0. The molecule has 6 nitrogen and oxygen atoms in total. The summed E-state index contributed by atoms with van der Waals surface area (Å²) in [6.07, 6.45) is 11.0. The van der Waals surface area contributed by atoms with Gasteiger partial charge in [-0.1, -0.05) is 6.42 Å². The fourth-order valence-electron chi connectivity index (χ4n) is 4.44. The summed E-state index contributed by atoms with van der Waals surface area (Å²) in [6.45, 7) is 7.21. The standard InChI is InChI=1S/C20H32N4O2/c25-19(6-9-22-11-13-26-14-12-22)23-8-2-5-18(16-23)20-21-7-10-24(20)15-17-3-1-4-17/h7,10,17-18H,1-6,8-9,11-16H2. The van der Waals surface area contributed by atoms with E-state index in [1.165, 1.54) is 25.1 Å². The lowest BCUT2D eigenvalue weighted by molar-refractivity contribution is -0.133. The molecule has 2 saturated heterocycles.